The summed E-state index contributed by atoms with van der Waals surface area (Å²) in [6.45, 7) is 2.55. The first-order chi connectivity index (χ1) is 7.15. The molecule has 0 aliphatic heterocycles. The zero-order chi connectivity index (χ0) is 11.7. The molecule has 0 aromatic carbocycles. The van der Waals surface area contributed by atoms with Crippen LogP contribution in [0.2, 0.25) is 0 Å². The van der Waals surface area contributed by atoms with Crippen molar-refractivity contribution >= 4 is 17.7 Å². The first-order valence-corrected chi connectivity index (χ1v) is 6.58. The summed E-state index contributed by atoms with van der Waals surface area (Å²) < 4.78 is 5.00. The van der Waals surface area contributed by atoms with Crippen LogP contribution in [-0.4, -0.2) is 43.7 Å². The lowest BCUT2D eigenvalue weighted by molar-refractivity contribution is -0.123. The minimum atomic E-state index is -0.400. The second-order valence-corrected chi connectivity index (χ2v) is 4.44. The molecule has 0 aromatic rings. The molecule has 0 heterocycles. The van der Waals surface area contributed by atoms with E-state index in [1.165, 1.54) is 0 Å². The Hall–Kier alpha value is -0.260. The van der Waals surface area contributed by atoms with Gasteiger partial charge in [0.25, 0.3) is 0 Å². The summed E-state index contributed by atoms with van der Waals surface area (Å²) in [4.78, 5) is 11.6. The van der Waals surface area contributed by atoms with Crippen LogP contribution < -0.4 is 11.1 Å². The Kier molecular flexibility index (Phi) is 8.85. The van der Waals surface area contributed by atoms with Gasteiger partial charge in [-0.15, -0.1) is 0 Å². The molecule has 1 unspecified atom stereocenters. The lowest BCUT2D eigenvalue weighted by Gasteiger charge is -2.18. The van der Waals surface area contributed by atoms with E-state index in [9.17, 15) is 4.79 Å². The van der Waals surface area contributed by atoms with Crippen molar-refractivity contribution in [2.24, 2.45) is 5.73 Å². The second kappa shape index (κ2) is 9.00. The van der Waals surface area contributed by atoms with Crippen LogP contribution in [0.3, 0.4) is 0 Å². The van der Waals surface area contributed by atoms with E-state index in [2.05, 4.69) is 5.32 Å². The van der Waals surface area contributed by atoms with Gasteiger partial charge >= 0.3 is 0 Å². The van der Waals surface area contributed by atoms with Crippen molar-refractivity contribution in [1.29, 1.82) is 0 Å². The molecule has 0 bridgehead atoms. The fourth-order valence-corrected chi connectivity index (χ4v) is 1.64. The number of hydrogen-bond donors (Lipinski definition) is 2. The van der Waals surface area contributed by atoms with Gasteiger partial charge in [0.05, 0.1) is 18.7 Å². The molecule has 15 heavy (non-hydrogen) atoms. The predicted octanol–water partition coefficient (Wildman–Crippen LogP) is 0.608. The highest BCUT2D eigenvalue weighted by atomic mass is 32.2. The fraction of sp³-hybridized carbons (Fsp3) is 0.900. The highest BCUT2D eigenvalue weighted by molar-refractivity contribution is 7.98. The lowest BCUT2D eigenvalue weighted by Crippen LogP contribution is -2.46. The molecule has 0 saturated carbocycles. The van der Waals surface area contributed by atoms with Gasteiger partial charge in [-0.2, -0.15) is 11.8 Å². The number of amides is 1. The zero-order valence-electron chi connectivity index (χ0n) is 9.79. The molecule has 0 radical (unpaired) electrons. The smallest absolute Gasteiger partial charge is 0.237 e. The first kappa shape index (κ1) is 14.7. The highest BCUT2D eigenvalue weighted by Gasteiger charge is 2.16. The van der Waals surface area contributed by atoms with Crippen molar-refractivity contribution < 1.29 is 9.53 Å². The van der Waals surface area contributed by atoms with Crippen LogP contribution in [0.5, 0.6) is 0 Å². The summed E-state index contributed by atoms with van der Waals surface area (Å²) in [5.41, 5.74) is 5.74. The van der Waals surface area contributed by atoms with E-state index in [0.29, 0.717) is 6.61 Å². The van der Waals surface area contributed by atoms with Gasteiger partial charge in [0.2, 0.25) is 5.91 Å². The van der Waals surface area contributed by atoms with Crippen LogP contribution in [0, 0.1) is 0 Å². The Morgan fingerprint density at radius 1 is 1.60 bits per heavy atom. The van der Waals surface area contributed by atoms with Gasteiger partial charge in [0, 0.05) is 7.11 Å². The van der Waals surface area contributed by atoms with E-state index in [-0.39, 0.29) is 11.9 Å². The number of rotatable bonds is 8. The van der Waals surface area contributed by atoms with Crippen molar-refractivity contribution in [1.82, 2.24) is 5.32 Å². The Balaban J connectivity index is 3.87. The number of carbonyl (C=O) groups excluding carboxylic acids is 1. The van der Waals surface area contributed by atoms with E-state index in [1.807, 2.05) is 13.2 Å². The quantitative estimate of drug-likeness (QED) is 0.646. The normalized spacial score (nSPS) is 14.7. The van der Waals surface area contributed by atoms with E-state index in [1.54, 1.807) is 18.9 Å². The third-order valence-electron chi connectivity index (χ3n) is 2.18. The van der Waals surface area contributed by atoms with Crippen LogP contribution in [0.4, 0.5) is 0 Å². The molecule has 4 nitrogen and oxygen atoms in total. The maximum absolute atomic E-state index is 11.6. The van der Waals surface area contributed by atoms with Gasteiger partial charge in [0.1, 0.15) is 0 Å². The van der Waals surface area contributed by atoms with Crippen molar-refractivity contribution in [3.05, 3.63) is 0 Å². The summed E-state index contributed by atoms with van der Waals surface area (Å²) in [7, 11) is 1.63. The number of methoxy groups -OCH3 is 1. The van der Waals surface area contributed by atoms with Crippen LogP contribution in [0.1, 0.15) is 19.8 Å². The lowest BCUT2D eigenvalue weighted by atomic mass is 10.2. The van der Waals surface area contributed by atoms with E-state index >= 15 is 0 Å². The Bertz CT molecular complexity index is 179. The Morgan fingerprint density at radius 2 is 2.27 bits per heavy atom. The van der Waals surface area contributed by atoms with Gasteiger partial charge < -0.3 is 15.8 Å². The number of carbonyl (C=O) groups is 1. The molecule has 90 valence electrons. The maximum atomic E-state index is 11.6. The third-order valence-corrected chi connectivity index (χ3v) is 2.82. The third kappa shape index (κ3) is 6.76. The first-order valence-electron chi connectivity index (χ1n) is 5.19. The predicted molar refractivity (Wildman–Crippen MR) is 65.1 cm³/mol. The zero-order valence-corrected chi connectivity index (χ0v) is 10.6. The van der Waals surface area contributed by atoms with Gasteiger partial charge in [0.15, 0.2) is 0 Å². The van der Waals surface area contributed by atoms with Crippen LogP contribution in [0.25, 0.3) is 0 Å². The number of hydrogen-bond acceptors (Lipinski definition) is 4. The topological polar surface area (TPSA) is 64.3 Å². The average molecular weight is 234 g/mol. The summed E-state index contributed by atoms with van der Waals surface area (Å²) in [5.74, 6) is 0.836. The molecule has 2 atom stereocenters. The summed E-state index contributed by atoms with van der Waals surface area (Å²) >= 11 is 1.70. The van der Waals surface area contributed by atoms with Gasteiger partial charge in [-0.05, 0) is 24.9 Å². The van der Waals surface area contributed by atoms with Crippen molar-refractivity contribution in [3.8, 4) is 0 Å². The van der Waals surface area contributed by atoms with Gasteiger partial charge in [-0.1, -0.05) is 6.92 Å². The largest absolute Gasteiger partial charge is 0.383 e. The number of ether oxygens (including phenoxy) is 1. The number of nitrogens with one attached hydrogen (secondary N) is 1. The Morgan fingerprint density at radius 3 is 2.73 bits per heavy atom. The SMILES string of the molecule is CCC(COC)NC(=O)[C@H](N)CCSC. The molecule has 5 heteroatoms. The number of thioether (sulfide) groups is 1. The van der Waals surface area contributed by atoms with Crippen LogP contribution in [-0.2, 0) is 9.53 Å². The molecule has 0 spiro atoms. The van der Waals surface area contributed by atoms with Crippen molar-refractivity contribution in [2.45, 2.75) is 31.8 Å². The van der Waals surface area contributed by atoms with Crippen LogP contribution in [0.15, 0.2) is 0 Å². The molecule has 0 aliphatic rings. The Labute approximate surface area is 96.3 Å². The van der Waals surface area contributed by atoms with Gasteiger partial charge in [-0.3, -0.25) is 4.79 Å². The van der Waals surface area contributed by atoms with E-state index in [4.69, 9.17) is 10.5 Å². The molecular formula is C10H22N2O2S. The second-order valence-electron chi connectivity index (χ2n) is 3.46. The highest BCUT2D eigenvalue weighted by Crippen LogP contribution is 2.00. The molecule has 0 aromatic heterocycles. The summed E-state index contributed by atoms with van der Waals surface area (Å²) in [6, 6.07) is -0.328. The van der Waals surface area contributed by atoms with Crippen LogP contribution >= 0.6 is 11.8 Å². The maximum Gasteiger partial charge on any atom is 0.237 e. The number of nitrogens with two attached hydrogens (primary N) is 1. The van der Waals surface area contributed by atoms with E-state index in [0.717, 1.165) is 18.6 Å². The molecular weight excluding hydrogens is 212 g/mol. The minimum Gasteiger partial charge on any atom is -0.383 e. The molecule has 0 rings (SSSR count). The minimum absolute atomic E-state index is 0.0721. The average Bonchev–Trinajstić information content (AvgIpc) is 2.24. The fourth-order valence-electron chi connectivity index (χ4n) is 1.15. The molecule has 3 N–H and O–H groups in total. The van der Waals surface area contributed by atoms with E-state index < -0.39 is 6.04 Å². The van der Waals surface area contributed by atoms with Crippen molar-refractivity contribution in [2.75, 3.05) is 25.7 Å². The van der Waals surface area contributed by atoms with Gasteiger partial charge in [-0.25, -0.2) is 0 Å². The molecule has 1 amide bonds. The summed E-state index contributed by atoms with van der Waals surface area (Å²) in [6.07, 6.45) is 3.58. The molecule has 0 fully saturated rings. The molecule has 0 saturated heterocycles. The summed E-state index contributed by atoms with van der Waals surface area (Å²) in [5, 5.41) is 2.88. The molecule has 0 aliphatic carbocycles. The van der Waals surface area contributed by atoms with Crippen molar-refractivity contribution in [3.63, 3.8) is 0 Å². The monoisotopic (exact) mass is 234 g/mol. The standard InChI is InChI=1S/C10H22N2O2S/c1-4-8(7-14-2)12-10(13)9(11)5-6-15-3/h8-9H,4-7,11H2,1-3H3,(H,12,13)/t8?,9-/m1/s1.